The first-order valence-corrected chi connectivity index (χ1v) is 12.0. The van der Waals surface area contributed by atoms with E-state index in [-0.39, 0.29) is 5.91 Å². The average Bonchev–Trinajstić information content (AvgIpc) is 3.18. The lowest BCUT2D eigenvalue weighted by Crippen LogP contribution is -2.26. The summed E-state index contributed by atoms with van der Waals surface area (Å²) in [6.45, 7) is 0.416. The van der Waals surface area contributed by atoms with Crippen LogP contribution in [0.2, 0.25) is 5.02 Å². The number of amides is 1. The first-order valence-electron chi connectivity index (χ1n) is 9.74. The van der Waals surface area contributed by atoms with Crippen LogP contribution in [0.25, 0.3) is 22.6 Å². The van der Waals surface area contributed by atoms with E-state index in [9.17, 15) is 13.2 Å². The normalized spacial score (nSPS) is 11.4. The Bertz CT molecular complexity index is 1370. The number of fused-ring (bicyclic) bond motifs is 1. The molecule has 2 aromatic heterocycles. The molecule has 164 valence electrons. The summed E-state index contributed by atoms with van der Waals surface area (Å²) >= 11 is 5.95. The van der Waals surface area contributed by atoms with E-state index in [1.165, 1.54) is 0 Å². The van der Waals surface area contributed by atoms with Crippen molar-refractivity contribution in [3.8, 4) is 11.4 Å². The Morgan fingerprint density at radius 2 is 1.78 bits per heavy atom. The van der Waals surface area contributed by atoms with Gasteiger partial charge in [0.15, 0.2) is 5.65 Å². The van der Waals surface area contributed by atoms with Gasteiger partial charge in [0.1, 0.15) is 5.82 Å². The van der Waals surface area contributed by atoms with Crippen molar-refractivity contribution < 1.29 is 13.2 Å². The maximum atomic E-state index is 12.8. The third kappa shape index (κ3) is 5.24. The highest BCUT2D eigenvalue weighted by molar-refractivity contribution is 7.92. The molecule has 4 aromatic rings. The summed E-state index contributed by atoms with van der Waals surface area (Å²) in [5, 5.41) is 3.53. The Morgan fingerprint density at radius 1 is 1.06 bits per heavy atom. The predicted octanol–water partition coefficient (Wildman–Crippen LogP) is 3.62. The Hall–Kier alpha value is -3.43. The number of hydrogen-bond acceptors (Lipinski definition) is 5. The van der Waals surface area contributed by atoms with E-state index in [4.69, 9.17) is 11.6 Å². The summed E-state index contributed by atoms with van der Waals surface area (Å²) in [4.78, 5) is 24.7. The van der Waals surface area contributed by atoms with Gasteiger partial charge in [0, 0.05) is 29.0 Å². The zero-order chi connectivity index (χ0) is 22.7. The van der Waals surface area contributed by atoms with Gasteiger partial charge in [0.2, 0.25) is 10.0 Å². The fourth-order valence-corrected chi connectivity index (χ4v) is 3.90. The van der Waals surface area contributed by atoms with E-state index in [1.807, 2.05) is 24.3 Å². The number of imidazole rings is 1. The van der Waals surface area contributed by atoms with Crippen molar-refractivity contribution in [2.24, 2.45) is 0 Å². The van der Waals surface area contributed by atoms with Crippen molar-refractivity contribution in [3.05, 3.63) is 76.9 Å². The number of rotatable bonds is 7. The number of carbonyl (C=O) groups is 1. The molecule has 0 unspecified atom stereocenters. The highest BCUT2D eigenvalue weighted by Crippen LogP contribution is 2.23. The topological polar surface area (TPSA) is 117 Å². The third-order valence-electron chi connectivity index (χ3n) is 4.71. The summed E-state index contributed by atoms with van der Waals surface area (Å²) in [7, 11) is -3.31. The second kappa shape index (κ2) is 8.97. The Balaban J connectivity index is 1.43. The summed E-state index contributed by atoms with van der Waals surface area (Å²) in [6, 6.07) is 15.9. The van der Waals surface area contributed by atoms with E-state index in [2.05, 4.69) is 25.0 Å². The van der Waals surface area contributed by atoms with Crippen LogP contribution in [0.5, 0.6) is 0 Å². The number of aromatic amines is 1. The molecule has 10 heteroatoms. The molecule has 32 heavy (non-hydrogen) atoms. The number of anilines is 1. The van der Waals surface area contributed by atoms with Crippen LogP contribution in [-0.2, 0) is 16.4 Å². The molecule has 1 amide bonds. The number of pyridine rings is 1. The maximum Gasteiger partial charge on any atom is 0.253 e. The van der Waals surface area contributed by atoms with Gasteiger partial charge < -0.3 is 10.3 Å². The van der Waals surface area contributed by atoms with Crippen molar-refractivity contribution >= 4 is 44.4 Å². The molecule has 4 rings (SSSR count). The minimum Gasteiger partial charge on any atom is -0.352 e. The number of carbonyl (C=O) groups excluding carboxylic acids is 1. The number of aromatic nitrogens is 3. The van der Waals surface area contributed by atoms with Crippen molar-refractivity contribution in [2.75, 3.05) is 17.5 Å². The van der Waals surface area contributed by atoms with E-state index in [1.54, 1.807) is 36.5 Å². The highest BCUT2D eigenvalue weighted by atomic mass is 35.5. The molecule has 0 aliphatic carbocycles. The average molecular weight is 470 g/mol. The number of benzene rings is 2. The minimum absolute atomic E-state index is 0.237. The zero-order valence-corrected chi connectivity index (χ0v) is 18.7. The molecule has 8 nitrogen and oxygen atoms in total. The molecule has 0 saturated heterocycles. The van der Waals surface area contributed by atoms with Crippen LogP contribution in [0.4, 0.5) is 5.69 Å². The molecule has 0 spiro atoms. The first kappa shape index (κ1) is 21.8. The van der Waals surface area contributed by atoms with Crippen molar-refractivity contribution in [1.82, 2.24) is 20.3 Å². The predicted molar refractivity (Wildman–Crippen MR) is 125 cm³/mol. The van der Waals surface area contributed by atoms with Crippen LogP contribution >= 0.6 is 11.6 Å². The van der Waals surface area contributed by atoms with Crippen LogP contribution in [0.15, 0.2) is 60.8 Å². The second-order valence-electron chi connectivity index (χ2n) is 7.23. The van der Waals surface area contributed by atoms with Gasteiger partial charge in [-0.25, -0.2) is 18.4 Å². The zero-order valence-electron chi connectivity index (χ0n) is 17.1. The monoisotopic (exact) mass is 469 g/mol. The van der Waals surface area contributed by atoms with Gasteiger partial charge in [0.05, 0.1) is 17.3 Å². The maximum absolute atomic E-state index is 12.8. The van der Waals surface area contributed by atoms with E-state index < -0.39 is 10.0 Å². The number of hydrogen-bond donors (Lipinski definition) is 3. The number of sulfonamides is 1. The van der Waals surface area contributed by atoms with Crippen LogP contribution in [0.1, 0.15) is 15.9 Å². The van der Waals surface area contributed by atoms with Crippen LogP contribution in [0.3, 0.4) is 0 Å². The molecule has 0 atom stereocenters. The molecule has 2 heterocycles. The Labute approximate surface area is 190 Å². The fraction of sp³-hybridized carbons (Fsp3) is 0.136. The summed E-state index contributed by atoms with van der Waals surface area (Å²) in [5.74, 6) is 0.367. The lowest BCUT2D eigenvalue weighted by Gasteiger charge is -2.07. The number of nitrogens with zero attached hydrogens (tertiary/aromatic N) is 2. The summed E-state index contributed by atoms with van der Waals surface area (Å²) < 4.78 is 25.0. The van der Waals surface area contributed by atoms with Crippen LogP contribution in [0, 0.1) is 0 Å². The van der Waals surface area contributed by atoms with E-state index in [0.717, 1.165) is 17.4 Å². The van der Waals surface area contributed by atoms with Crippen molar-refractivity contribution in [1.29, 1.82) is 0 Å². The van der Waals surface area contributed by atoms with E-state index in [0.29, 0.717) is 46.2 Å². The van der Waals surface area contributed by atoms with Gasteiger partial charge in [0.25, 0.3) is 5.91 Å². The largest absolute Gasteiger partial charge is 0.352 e. The highest BCUT2D eigenvalue weighted by Gasteiger charge is 2.15. The number of halogens is 1. The number of nitrogens with one attached hydrogen (secondary N) is 3. The van der Waals surface area contributed by atoms with Crippen LogP contribution < -0.4 is 10.0 Å². The molecule has 2 aromatic carbocycles. The molecule has 0 aliphatic rings. The first-order chi connectivity index (χ1) is 15.3. The van der Waals surface area contributed by atoms with Crippen molar-refractivity contribution in [2.45, 2.75) is 6.42 Å². The molecule has 0 bridgehead atoms. The lowest BCUT2D eigenvalue weighted by molar-refractivity contribution is 0.0955. The summed E-state index contributed by atoms with van der Waals surface area (Å²) in [5.41, 5.74) is 3.77. The van der Waals surface area contributed by atoms with Gasteiger partial charge in [-0.15, -0.1) is 0 Å². The molecule has 0 aliphatic heterocycles. The SMILES string of the molecule is CS(=O)(=O)Nc1ccc(CCNC(=O)c2ccnc3nc(-c4ccc(Cl)cc4)[nH]c23)cc1. The van der Waals surface area contributed by atoms with Gasteiger partial charge >= 0.3 is 0 Å². The molecule has 3 N–H and O–H groups in total. The Kier molecular flexibility index (Phi) is 6.11. The van der Waals surface area contributed by atoms with Crippen molar-refractivity contribution in [3.63, 3.8) is 0 Å². The molecular weight excluding hydrogens is 450 g/mol. The van der Waals surface area contributed by atoms with Crippen LogP contribution in [-0.4, -0.2) is 42.1 Å². The Morgan fingerprint density at radius 3 is 2.47 bits per heavy atom. The third-order valence-corrected chi connectivity index (χ3v) is 5.57. The van der Waals surface area contributed by atoms with Gasteiger partial charge in [-0.3, -0.25) is 9.52 Å². The van der Waals surface area contributed by atoms with Gasteiger partial charge in [-0.1, -0.05) is 23.7 Å². The fourth-order valence-electron chi connectivity index (χ4n) is 3.21. The molecule has 0 saturated carbocycles. The quantitative estimate of drug-likeness (QED) is 0.382. The van der Waals surface area contributed by atoms with Gasteiger partial charge in [-0.2, -0.15) is 0 Å². The van der Waals surface area contributed by atoms with Gasteiger partial charge in [-0.05, 0) is 54.4 Å². The van der Waals surface area contributed by atoms with E-state index >= 15 is 0 Å². The number of H-pyrrole nitrogens is 1. The molecule has 0 radical (unpaired) electrons. The summed E-state index contributed by atoms with van der Waals surface area (Å²) in [6.07, 6.45) is 3.25. The minimum atomic E-state index is -3.31. The smallest absolute Gasteiger partial charge is 0.253 e. The lowest BCUT2D eigenvalue weighted by atomic mass is 10.1. The molecule has 0 fully saturated rings. The molecular formula is C22H20ClN5O3S. The standard InChI is InChI=1S/C22H20ClN5O3S/c1-32(30,31)28-17-8-2-14(3-9-17)10-12-25-22(29)18-11-13-24-21-19(18)26-20(27-21)15-4-6-16(23)7-5-15/h2-9,11,13,28H,10,12H2,1H3,(H,25,29)(H,24,26,27). The second-order valence-corrected chi connectivity index (χ2v) is 9.41.